The van der Waals surface area contributed by atoms with Crippen molar-refractivity contribution in [1.82, 2.24) is 10.2 Å². The summed E-state index contributed by atoms with van der Waals surface area (Å²) in [6.45, 7) is 5.87. The van der Waals surface area contributed by atoms with Gasteiger partial charge in [-0.3, -0.25) is 4.79 Å². The van der Waals surface area contributed by atoms with Crippen molar-refractivity contribution >= 4 is 11.9 Å². The molecule has 0 radical (unpaired) electrons. The summed E-state index contributed by atoms with van der Waals surface area (Å²) in [5, 5.41) is 14.0. The maximum absolute atomic E-state index is 14.1. The molecule has 1 aliphatic heterocycles. The summed E-state index contributed by atoms with van der Waals surface area (Å²) in [7, 11) is 1.40. The van der Waals surface area contributed by atoms with Gasteiger partial charge < -0.3 is 20.1 Å². The number of carbonyl (C=O) groups excluding carboxylic acids is 1. The van der Waals surface area contributed by atoms with Crippen LogP contribution in [0.1, 0.15) is 62.8 Å². The smallest absolute Gasteiger partial charge is 0.416 e. The third-order valence-electron chi connectivity index (χ3n) is 9.04. The number of ether oxygens (including phenoxy) is 1. The molecule has 216 valence electrons. The first-order valence-electron chi connectivity index (χ1n) is 13.9. The number of benzene rings is 2. The van der Waals surface area contributed by atoms with Gasteiger partial charge in [-0.15, -0.1) is 0 Å². The number of hydrogen-bond donors (Lipinski definition) is 2. The van der Waals surface area contributed by atoms with Crippen molar-refractivity contribution in [2.75, 3.05) is 7.11 Å². The first-order chi connectivity index (χ1) is 18.8. The Bertz CT molecular complexity index is 1250. The van der Waals surface area contributed by atoms with E-state index in [9.17, 15) is 27.9 Å². The second-order valence-electron chi connectivity index (χ2n) is 12.6. The summed E-state index contributed by atoms with van der Waals surface area (Å²) in [5.41, 5.74) is -0.225. The van der Waals surface area contributed by atoms with Crippen molar-refractivity contribution in [2.24, 2.45) is 29.1 Å². The molecule has 1 amide bonds. The monoisotopic (exact) mass is 558 g/mol. The zero-order valence-corrected chi connectivity index (χ0v) is 23.2. The van der Waals surface area contributed by atoms with E-state index in [1.807, 2.05) is 51.1 Å². The predicted molar refractivity (Wildman–Crippen MR) is 143 cm³/mol. The average molecular weight is 559 g/mol. The Balaban J connectivity index is 1.57. The Kier molecular flexibility index (Phi) is 7.40. The van der Waals surface area contributed by atoms with Crippen molar-refractivity contribution < 1.29 is 32.6 Å². The number of alkyl halides is 3. The Hall–Kier alpha value is -3.07. The fourth-order valence-corrected chi connectivity index (χ4v) is 7.18. The number of rotatable bonds is 7. The molecule has 0 aromatic heterocycles. The normalized spacial score (nSPS) is 29.8. The molecule has 3 fully saturated rings. The molecule has 40 heavy (non-hydrogen) atoms. The van der Waals surface area contributed by atoms with Gasteiger partial charge in [-0.2, -0.15) is 13.2 Å². The Labute approximate surface area is 232 Å². The standard InChI is InChI=1S/C31H37F3N2O4/c1-30(2,3)24-25(35-16-21-15-22(31(32,33)34)10-11-23(21)40-4)26(17-8-6-5-7-9-17)36(27(24)29(38)39)28(37)20-13-18-12-19(18)14-20/h5-11,15,18-20,24-27,35H,12-14,16H2,1-4H3,(H,38,39)/t18?,19?,20?,24-,25-,26-,27-/m0/s1. The van der Waals surface area contributed by atoms with Crippen LogP contribution in [-0.2, 0) is 22.3 Å². The molecular formula is C31H37F3N2O4. The van der Waals surface area contributed by atoms with Gasteiger partial charge in [-0.1, -0.05) is 51.1 Å². The number of amides is 1. The molecule has 2 aromatic carbocycles. The van der Waals surface area contributed by atoms with Gasteiger partial charge in [0.05, 0.1) is 18.7 Å². The number of carbonyl (C=O) groups is 2. The molecule has 6 nitrogen and oxygen atoms in total. The first-order valence-corrected chi connectivity index (χ1v) is 13.9. The van der Waals surface area contributed by atoms with E-state index in [-0.39, 0.29) is 18.4 Å². The Morgan fingerprint density at radius 3 is 2.23 bits per heavy atom. The van der Waals surface area contributed by atoms with Crippen LogP contribution in [0.15, 0.2) is 48.5 Å². The molecule has 1 saturated heterocycles. The van der Waals surface area contributed by atoms with E-state index in [4.69, 9.17) is 4.74 Å². The number of aliphatic carboxylic acids is 1. The van der Waals surface area contributed by atoms with Crippen LogP contribution in [0.4, 0.5) is 13.2 Å². The van der Waals surface area contributed by atoms with Crippen LogP contribution in [0, 0.1) is 29.1 Å². The zero-order chi connectivity index (χ0) is 29.0. The quantitative estimate of drug-likeness (QED) is 0.441. The third kappa shape index (κ3) is 5.32. The van der Waals surface area contributed by atoms with Gasteiger partial charge in [0, 0.05) is 30.0 Å². The van der Waals surface area contributed by atoms with Crippen LogP contribution in [0.2, 0.25) is 0 Å². The van der Waals surface area contributed by atoms with Crippen LogP contribution >= 0.6 is 0 Å². The van der Waals surface area contributed by atoms with Gasteiger partial charge in [0.1, 0.15) is 11.8 Å². The van der Waals surface area contributed by atoms with Gasteiger partial charge in [0.2, 0.25) is 5.91 Å². The highest BCUT2D eigenvalue weighted by Gasteiger charge is 2.60. The lowest BCUT2D eigenvalue weighted by molar-refractivity contribution is -0.154. The maximum atomic E-state index is 14.1. The van der Waals surface area contributed by atoms with Crippen LogP contribution < -0.4 is 10.1 Å². The molecular weight excluding hydrogens is 521 g/mol. The number of halogens is 3. The zero-order valence-electron chi connectivity index (χ0n) is 23.2. The number of likely N-dealkylation sites (tertiary alicyclic amines) is 1. The molecule has 2 unspecified atom stereocenters. The minimum absolute atomic E-state index is 0.00954. The topological polar surface area (TPSA) is 78.9 Å². The fraction of sp³-hybridized carbons (Fsp3) is 0.548. The number of carboxylic acids is 1. The second kappa shape index (κ2) is 10.4. The average Bonchev–Trinajstić information content (AvgIpc) is 3.34. The summed E-state index contributed by atoms with van der Waals surface area (Å²) in [6, 6.07) is 10.5. The lowest BCUT2D eigenvalue weighted by Gasteiger charge is -2.35. The van der Waals surface area contributed by atoms with Gasteiger partial charge in [-0.25, -0.2) is 4.79 Å². The lowest BCUT2D eigenvalue weighted by atomic mass is 9.72. The van der Waals surface area contributed by atoms with Crippen molar-refractivity contribution in [2.45, 2.75) is 70.9 Å². The first kappa shape index (κ1) is 28.5. The number of nitrogens with zero attached hydrogens (tertiary/aromatic N) is 1. The van der Waals surface area contributed by atoms with Crippen LogP contribution in [0.5, 0.6) is 5.75 Å². The SMILES string of the molecule is COc1ccc(C(F)(F)F)cc1CN[C@H]1[C@H](C(C)(C)C)[C@@H](C(=O)O)N(C(=O)C2CC3CC3C2)[C@H]1c1ccccc1. The van der Waals surface area contributed by atoms with E-state index in [2.05, 4.69) is 5.32 Å². The van der Waals surface area contributed by atoms with Gasteiger partial charge >= 0.3 is 12.1 Å². The van der Waals surface area contributed by atoms with E-state index < -0.39 is 47.2 Å². The largest absolute Gasteiger partial charge is 0.496 e. The van der Waals surface area contributed by atoms with E-state index in [0.717, 1.165) is 37.0 Å². The second-order valence-corrected chi connectivity index (χ2v) is 12.6. The third-order valence-corrected chi connectivity index (χ3v) is 9.04. The number of carboxylic acid groups (broad SMARTS) is 1. The van der Waals surface area contributed by atoms with Crippen LogP contribution in [0.25, 0.3) is 0 Å². The Morgan fingerprint density at radius 1 is 1.02 bits per heavy atom. The molecule has 0 spiro atoms. The maximum Gasteiger partial charge on any atom is 0.416 e. The van der Waals surface area contributed by atoms with E-state index in [0.29, 0.717) is 23.1 Å². The molecule has 6 atom stereocenters. The molecule has 9 heteroatoms. The van der Waals surface area contributed by atoms with Crippen LogP contribution in [0.3, 0.4) is 0 Å². The minimum atomic E-state index is -4.52. The molecule has 2 saturated carbocycles. The van der Waals surface area contributed by atoms with Gasteiger partial charge in [-0.05, 0) is 60.3 Å². The van der Waals surface area contributed by atoms with Crippen LogP contribution in [-0.4, -0.2) is 41.1 Å². The highest BCUT2D eigenvalue weighted by molar-refractivity contribution is 5.87. The van der Waals surface area contributed by atoms with Gasteiger partial charge in [0.25, 0.3) is 0 Å². The molecule has 2 aromatic rings. The lowest BCUT2D eigenvalue weighted by Crippen LogP contribution is -2.49. The number of hydrogen-bond acceptors (Lipinski definition) is 4. The Morgan fingerprint density at radius 2 is 1.68 bits per heavy atom. The molecule has 0 bridgehead atoms. The molecule has 1 heterocycles. The molecule has 5 rings (SSSR count). The predicted octanol–water partition coefficient (Wildman–Crippen LogP) is 5.92. The van der Waals surface area contributed by atoms with E-state index >= 15 is 0 Å². The van der Waals surface area contributed by atoms with Crippen molar-refractivity contribution in [3.63, 3.8) is 0 Å². The summed E-state index contributed by atoms with van der Waals surface area (Å²) < 4.78 is 46.0. The summed E-state index contributed by atoms with van der Waals surface area (Å²) in [6.07, 6.45) is -1.81. The number of fused-ring (bicyclic) bond motifs is 1. The van der Waals surface area contributed by atoms with Crippen molar-refractivity contribution in [3.8, 4) is 5.75 Å². The number of nitrogens with one attached hydrogen (secondary N) is 1. The van der Waals surface area contributed by atoms with E-state index in [1.165, 1.54) is 13.2 Å². The molecule has 3 aliphatic rings. The highest BCUT2D eigenvalue weighted by atomic mass is 19.4. The summed E-state index contributed by atoms with van der Waals surface area (Å²) in [4.78, 5) is 28.7. The summed E-state index contributed by atoms with van der Waals surface area (Å²) >= 11 is 0. The minimum Gasteiger partial charge on any atom is -0.496 e. The van der Waals surface area contributed by atoms with Gasteiger partial charge in [0.15, 0.2) is 0 Å². The summed E-state index contributed by atoms with van der Waals surface area (Å²) in [5.74, 6) is -0.532. The molecule has 2 aliphatic carbocycles. The van der Waals surface area contributed by atoms with Crippen molar-refractivity contribution in [1.29, 1.82) is 0 Å². The highest BCUT2D eigenvalue weighted by Crippen LogP contribution is 2.56. The fourth-order valence-electron chi connectivity index (χ4n) is 7.18. The van der Waals surface area contributed by atoms with Crippen molar-refractivity contribution in [3.05, 3.63) is 65.2 Å². The number of methoxy groups -OCH3 is 1. The molecule has 2 N–H and O–H groups in total. The van der Waals surface area contributed by atoms with E-state index in [1.54, 1.807) is 4.90 Å².